The van der Waals surface area contributed by atoms with Gasteiger partial charge in [-0.25, -0.2) is 9.97 Å². The Labute approximate surface area is 194 Å². The second kappa shape index (κ2) is 10.2. The summed E-state index contributed by atoms with van der Waals surface area (Å²) in [7, 11) is 0. The number of aliphatic hydroxyl groups excluding tert-OH is 1. The molecule has 176 valence electrons. The zero-order valence-electron chi connectivity index (χ0n) is 18.1. The zero-order valence-corrected chi connectivity index (χ0v) is 18.1. The van der Waals surface area contributed by atoms with Gasteiger partial charge in [-0.3, -0.25) is 9.36 Å². The van der Waals surface area contributed by atoms with Crippen molar-refractivity contribution >= 4 is 23.3 Å². The molecule has 1 aliphatic heterocycles. The van der Waals surface area contributed by atoms with Crippen LogP contribution in [0, 0.1) is 0 Å². The van der Waals surface area contributed by atoms with E-state index in [9.17, 15) is 15.0 Å². The number of rotatable bonds is 4. The standard InChI is InChI=1S/C14H12O3.C10H12N4O3/c15-12-5-3-10(4-6-12)1-2-11-7-13(16)9-14(17)8-11;15-3-6-1-2-7(17-6)14-5-13-8-9(14)11-4-12-10(8)16/h1-9,15-17H;4-7,15H,1-3H2,(H,11,12,16)/b2-1+;/t;6-,7+/m.0/s1. The first-order valence-electron chi connectivity index (χ1n) is 10.6. The van der Waals surface area contributed by atoms with E-state index < -0.39 is 0 Å². The molecule has 1 saturated heterocycles. The number of benzene rings is 2. The fourth-order valence-corrected chi connectivity index (χ4v) is 3.59. The molecule has 0 unspecified atom stereocenters. The number of nitrogens with one attached hydrogen (secondary N) is 1. The van der Waals surface area contributed by atoms with Crippen LogP contribution in [-0.4, -0.2) is 52.7 Å². The van der Waals surface area contributed by atoms with Crippen LogP contribution < -0.4 is 5.56 Å². The highest BCUT2D eigenvalue weighted by atomic mass is 16.5. The Morgan fingerprint density at radius 2 is 1.68 bits per heavy atom. The maximum absolute atomic E-state index is 11.5. The Morgan fingerprint density at radius 3 is 2.35 bits per heavy atom. The van der Waals surface area contributed by atoms with E-state index in [4.69, 9.17) is 14.9 Å². The number of nitrogens with zero attached hydrogens (tertiary/aromatic N) is 3. The molecule has 0 bridgehead atoms. The van der Waals surface area contributed by atoms with E-state index in [-0.39, 0.29) is 41.7 Å². The molecule has 5 rings (SSSR count). The molecule has 0 aliphatic carbocycles. The van der Waals surface area contributed by atoms with Gasteiger partial charge in [-0.05, 0) is 48.2 Å². The second-order valence-corrected chi connectivity index (χ2v) is 7.74. The number of fused-ring (bicyclic) bond motifs is 1. The van der Waals surface area contributed by atoms with Crippen molar-refractivity contribution in [1.29, 1.82) is 0 Å². The van der Waals surface area contributed by atoms with Gasteiger partial charge >= 0.3 is 0 Å². The Kier molecular flexibility index (Phi) is 6.90. The number of aliphatic hydroxyl groups is 1. The molecule has 0 saturated carbocycles. The summed E-state index contributed by atoms with van der Waals surface area (Å²) in [5.74, 6) is 0.267. The maximum Gasteiger partial charge on any atom is 0.278 e. The van der Waals surface area contributed by atoms with E-state index in [1.807, 2.05) is 6.08 Å². The molecule has 0 spiro atoms. The molecule has 2 aromatic carbocycles. The highest BCUT2D eigenvalue weighted by Gasteiger charge is 2.27. The third-order valence-electron chi connectivity index (χ3n) is 5.25. The van der Waals surface area contributed by atoms with Crippen molar-refractivity contribution in [2.75, 3.05) is 6.61 Å². The van der Waals surface area contributed by atoms with E-state index >= 15 is 0 Å². The number of aromatic hydroxyl groups is 3. The van der Waals surface area contributed by atoms with Gasteiger partial charge in [-0.1, -0.05) is 24.3 Å². The zero-order chi connectivity index (χ0) is 24.1. The SMILES string of the molecule is O=c1[nH]cnc2c1ncn2[C@H]1CC[C@@H](CO)O1.Oc1ccc(/C=C/c2cc(O)cc(O)c2)cc1. The predicted octanol–water partition coefficient (Wildman–Crippen LogP) is 2.76. The predicted molar refractivity (Wildman–Crippen MR) is 125 cm³/mol. The molecule has 10 heteroatoms. The summed E-state index contributed by atoms with van der Waals surface area (Å²) in [5, 5.41) is 36.7. The van der Waals surface area contributed by atoms with Gasteiger partial charge in [0.2, 0.25) is 0 Å². The van der Waals surface area contributed by atoms with Crippen molar-refractivity contribution in [3.8, 4) is 17.2 Å². The molecule has 1 fully saturated rings. The summed E-state index contributed by atoms with van der Waals surface area (Å²) in [5.41, 5.74) is 2.19. The Morgan fingerprint density at radius 1 is 0.971 bits per heavy atom. The topological polar surface area (TPSA) is 154 Å². The molecule has 34 heavy (non-hydrogen) atoms. The van der Waals surface area contributed by atoms with Crippen LogP contribution in [-0.2, 0) is 4.74 Å². The molecular weight excluding hydrogens is 440 g/mol. The first-order valence-corrected chi connectivity index (χ1v) is 10.6. The highest BCUT2D eigenvalue weighted by Crippen LogP contribution is 2.29. The molecule has 10 nitrogen and oxygen atoms in total. The third-order valence-corrected chi connectivity index (χ3v) is 5.25. The molecular formula is C24H24N4O6. The minimum Gasteiger partial charge on any atom is -0.508 e. The van der Waals surface area contributed by atoms with E-state index in [1.54, 1.807) is 53.4 Å². The van der Waals surface area contributed by atoms with Crippen LogP contribution in [0.15, 0.2) is 59.9 Å². The lowest BCUT2D eigenvalue weighted by molar-refractivity contribution is -0.0207. The van der Waals surface area contributed by atoms with E-state index in [1.165, 1.54) is 12.4 Å². The lowest BCUT2D eigenvalue weighted by atomic mass is 10.1. The van der Waals surface area contributed by atoms with Gasteiger partial charge < -0.3 is 30.1 Å². The van der Waals surface area contributed by atoms with E-state index in [0.717, 1.165) is 18.4 Å². The molecule has 5 N–H and O–H groups in total. The molecule has 3 heterocycles. The summed E-state index contributed by atoms with van der Waals surface area (Å²) >= 11 is 0. The number of phenols is 3. The van der Waals surface area contributed by atoms with Gasteiger partial charge in [0.05, 0.1) is 25.4 Å². The van der Waals surface area contributed by atoms with Crippen LogP contribution in [0.3, 0.4) is 0 Å². The summed E-state index contributed by atoms with van der Waals surface area (Å²) in [6.07, 6.45) is 7.73. The molecule has 2 atom stereocenters. The van der Waals surface area contributed by atoms with Crippen molar-refractivity contribution in [2.24, 2.45) is 0 Å². The Hall–Kier alpha value is -4.15. The second-order valence-electron chi connectivity index (χ2n) is 7.74. The summed E-state index contributed by atoms with van der Waals surface area (Å²) in [6, 6.07) is 11.1. The number of imidazole rings is 1. The van der Waals surface area contributed by atoms with Crippen LogP contribution >= 0.6 is 0 Å². The number of aromatic nitrogens is 4. The van der Waals surface area contributed by atoms with Crippen molar-refractivity contribution in [2.45, 2.75) is 25.2 Å². The van der Waals surface area contributed by atoms with Crippen molar-refractivity contribution in [3.63, 3.8) is 0 Å². The molecule has 1 aliphatic rings. The number of aromatic amines is 1. The van der Waals surface area contributed by atoms with Crippen LogP contribution in [0.25, 0.3) is 23.3 Å². The van der Waals surface area contributed by atoms with Gasteiger partial charge in [-0.15, -0.1) is 0 Å². The molecule has 2 aromatic heterocycles. The lowest BCUT2D eigenvalue weighted by Crippen LogP contribution is -2.14. The highest BCUT2D eigenvalue weighted by molar-refractivity contribution is 5.71. The number of H-pyrrole nitrogens is 1. The van der Waals surface area contributed by atoms with Crippen molar-refractivity contribution < 1.29 is 25.2 Å². The minimum atomic E-state index is -0.259. The number of hydrogen-bond acceptors (Lipinski definition) is 8. The summed E-state index contributed by atoms with van der Waals surface area (Å²) in [6.45, 7) is 0.0111. The van der Waals surface area contributed by atoms with Crippen LogP contribution in [0.5, 0.6) is 17.2 Å². The van der Waals surface area contributed by atoms with Crippen molar-refractivity contribution in [3.05, 3.63) is 76.6 Å². The molecule has 0 radical (unpaired) electrons. The lowest BCUT2D eigenvalue weighted by Gasteiger charge is -2.13. The van der Waals surface area contributed by atoms with Gasteiger partial charge in [0.1, 0.15) is 23.5 Å². The smallest absolute Gasteiger partial charge is 0.278 e. The molecule has 0 amide bonds. The first-order chi connectivity index (χ1) is 16.4. The Bertz CT molecular complexity index is 1330. The average molecular weight is 464 g/mol. The number of ether oxygens (including phenoxy) is 1. The summed E-state index contributed by atoms with van der Waals surface area (Å²) in [4.78, 5) is 22.1. The van der Waals surface area contributed by atoms with Crippen LogP contribution in [0.2, 0.25) is 0 Å². The normalized spacial score (nSPS) is 17.7. The van der Waals surface area contributed by atoms with Crippen LogP contribution in [0.4, 0.5) is 0 Å². The monoisotopic (exact) mass is 464 g/mol. The van der Waals surface area contributed by atoms with Gasteiger partial charge in [0, 0.05) is 6.07 Å². The van der Waals surface area contributed by atoms with E-state index in [0.29, 0.717) is 16.7 Å². The number of hydrogen-bond donors (Lipinski definition) is 5. The fourth-order valence-electron chi connectivity index (χ4n) is 3.59. The number of phenolic OH excluding ortho intramolecular Hbond substituents is 3. The first kappa shape index (κ1) is 23.0. The molecule has 4 aromatic rings. The van der Waals surface area contributed by atoms with Gasteiger partial charge in [0.25, 0.3) is 5.56 Å². The fraction of sp³-hybridized carbons (Fsp3) is 0.208. The summed E-state index contributed by atoms with van der Waals surface area (Å²) < 4.78 is 7.36. The average Bonchev–Trinajstić information content (AvgIpc) is 3.46. The van der Waals surface area contributed by atoms with Crippen LogP contribution in [0.1, 0.15) is 30.2 Å². The van der Waals surface area contributed by atoms with E-state index in [2.05, 4.69) is 15.0 Å². The minimum absolute atomic E-state index is 0.0111. The van der Waals surface area contributed by atoms with Gasteiger partial charge in [0.15, 0.2) is 11.2 Å². The quantitative estimate of drug-likeness (QED) is 0.289. The third kappa shape index (κ3) is 5.42. The van der Waals surface area contributed by atoms with Crippen molar-refractivity contribution in [1.82, 2.24) is 19.5 Å². The maximum atomic E-state index is 11.5. The Balaban J connectivity index is 0.000000161. The van der Waals surface area contributed by atoms with Gasteiger partial charge in [-0.2, -0.15) is 0 Å². The largest absolute Gasteiger partial charge is 0.508 e.